The molecule has 124 valence electrons. The van der Waals surface area contributed by atoms with Gasteiger partial charge in [0, 0.05) is 17.8 Å². The van der Waals surface area contributed by atoms with Gasteiger partial charge in [-0.3, -0.25) is 9.78 Å². The lowest BCUT2D eigenvalue weighted by molar-refractivity contribution is 0.102. The third-order valence-electron chi connectivity index (χ3n) is 3.58. The SMILES string of the molecule is C=Cc1ccc(C(=O)Nc2ccc(Oc3cccnc3C)nc2)cc1. The molecule has 3 rings (SSSR count). The number of carbonyl (C=O) groups is 1. The summed E-state index contributed by atoms with van der Waals surface area (Å²) in [6, 6.07) is 14.2. The number of rotatable bonds is 5. The van der Waals surface area contributed by atoms with Crippen molar-refractivity contribution in [2.45, 2.75) is 6.92 Å². The molecule has 1 aromatic carbocycles. The molecule has 0 saturated carbocycles. The maximum absolute atomic E-state index is 12.2. The lowest BCUT2D eigenvalue weighted by Crippen LogP contribution is -2.11. The molecule has 0 saturated heterocycles. The molecule has 1 N–H and O–H groups in total. The van der Waals surface area contributed by atoms with Gasteiger partial charge < -0.3 is 10.1 Å². The number of aryl methyl sites for hydroxylation is 1. The summed E-state index contributed by atoms with van der Waals surface area (Å²) in [5.41, 5.74) is 2.90. The molecule has 2 aromatic heterocycles. The minimum Gasteiger partial charge on any atom is -0.437 e. The molecule has 2 heterocycles. The highest BCUT2D eigenvalue weighted by molar-refractivity contribution is 6.04. The van der Waals surface area contributed by atoms with Crippen LogP contribution in [0.1, 0.15) is 21.6 Å². The number of aromatic nitrogens is 2. The van der Waals surface area contributed by atoms with E-state index in [-0.39, 0.29) is 5.91 Å². The van der Waals surface area contributed by atoms with Crippen LogP contribution in [0.15, 0.2) is 67.5 Å². The second-order valence-corrected chi connectivity index (χ2v) is 5.35. The number of nitrogens with zero attached hydrogens (tertiary/aromatic N) is 2. The molecule has 0 spiro atoms. The predicted molar refractivity (Wildman–Crippen MR) is 97.8 cm³/mol. The number of hydrogen-bond donors (Lipinski definition) is 1. The molecular formula is C20H17N3O2. The van der Waals surface area contributed by atoms with Crippen molar-refractivity contribution in [2.24, 2.45) is 0 Å². The zero-order valence-corrected chi connectivity index (χ0v) is 13.8. The van der Waals surface area contributed by atoms with Crippen LogP contribution in [0.4, 0.5) is 5.69 Å². The number of carbonyl (C=O) groups excluding carboxylic acids is 1. The van der Waals surface area contributed by atoms with Crippen LogP contribution in [-0.2, 0) is 0 Å². The van der Waals surface area contributed by atoms with Crippen molar-refractivity contribution in [3.8, 4) is 11.6 Å². The summed E-state index contributed by atoms with van der Waals surface area (Å²) >= 11 is 0. The van der Waals surface area contributed by atoms with Gasteiger partial charge >= 0.3 is 0 Å². The highest BCUT2D eigenvalue weighted by atomic mass is 16.5. The fourth-order valence-corrected chi connectivity index (χ4v) is 2.18. The topological polar surface area (TPSA) is 64.1 Å². The quantitative estimate of drug-likeness (QED) is 0.749. The van der Waals surface area contributed by atoms with E-state index in [0.717, 1.165) is 11.3 Å². The average molecular weight is 331 g/mol. The normalized spacial score (nSPS) is 10.1. The van der Waals surface area contributed by atoms with E-state index in [0.29, 0.717) is 22.9 Å². The van der Waals surface area contributed by atoms with Gasteiger partial charge in [-0.15, -0.1) is 0 Å². The van der Waals surface area contributed by atoms with Gasteiger partial charge in [-0.1, -0.05) is 24.8 Å². The van der Waals surface area contributed by atoms with E-state index in [2.05, 4.69) is 21.9 Å². The zero-order valence-electron chi connectivity index (χ0n) is 13.8. The van der Waals surface area contributed by atoms with Crippen molar-refractivity contribution >= 4 is 17.7 Å². The Morgan fingerprint density at radius 2 is 1.92 bits per heavy atom. The minimum absolute atomic E-state index is 0.200. The third-order valence-corrected chi connectivity index (χ3v) is 3.58. The molecule has 0 fully saturated rings. The van der Waals surface area contributed by atoms with E-state index in [4.69, 9.17) is 4.74 Å². The molecule has 0 unspecified atom stereocenters. The van der Waals surface area contributed by atoms with Crippen molar-refractivity contribution in [1.29, 1.82) is 0 Å². The van der Waals surface area contributed by atoms with E-state index in [1.165, 1.54) is 0 Å². The fourth-order valence-electron chi connectivity index (χ4n) is 2.18. The summed E-state index contributed by atoms with van der Waals surface area (Å²) in [4.78, 5) is 20.6. The van der Waals surface area contributed by atoms with E-state index >= 15 is 0 Å². The summed E-state index contributed by atoms with van der Waals surface area (Å²) in [6.45, 7) is 5.55. The minimum atomic E-state index is -0.200. The highest BCUT2D eigenvalue weighted by Gasteiger charge is 2.07. The maximum Gasteiger partial charge on any atom is 0.255 e. The van der Waals surface area contributed by atoms with Gasteiger partial charge in [-0.25, -0.2) is 4.98 Å². The molecule has 5 heteroatoms. The largest absolute Gasteiger partial charge is 0.437 e. The van der Waals surface area contributed by atoms with E-state index < -0.39 is 0 Å². The first-order valence-corrected chi connectivity index (χ1v) is 7.75. The van der Waals surface area contributed by atoms with E-state index in [1.807, 2.05) is 25.1 Å². The summed E-state index contributed by atoms with van der Waals surface area (Å²) in [5.74, 6) is 0.882. The Hall–Kier alpha value is -3.47. The van der Waals surface area contributed by atoms with Gasteiger partial charge in [0.15, 0.2) is 5.75 Å². The molecule has 0 aliphatic rings. The first kappa shape index (κ1) is 16.4. The Bertz CT molecular complexity index is 888. The van der Waals surface area contributed by atoms with Crippen LogP contribution < -0.4 is 10.1 Å². The fraction of sp³-hybridized carbons (Fsp3) is 0.0500. The first-order chi connectivity index (χ1) is 12.2. The Morgan fingerprint density at radius 1 is 1.12 bits per heavy atom. The van der Waals surface area contributed by atoms with Gasteiger partial charge in [-0.05, 0) is 42.8 Å². The van der Waals surface area contributed by atoms with Crippen molar-refractivity contribution in [2.75, 3.05) is 5.32 Å². The third kappa shape index (κ3) is 4.09. The van der Waals surface area contributed by atoms with Crippen LogP contribution in [0.5, 0.6) is 11.6 Å². The monoisotopic (exact) mass is 331 g/mol. The van der Waals surface area contributed by atoms with Crippen molar-refractivity contribution < 1.29 is 9.53 Å². The standard InChI is InChI=1S/C20H17N3O2/c1-3-15-6-8-16(9-7-15)20(24)23-17-10-11-19(22-13-17)25-18-5-4-12-21-14(18)2/h3-13H,1H2,2H3,(H,23,24). The molecule has 0 bridgehead atoms. The zero-order chi connectivity index (χ0) is 17.6. The molecule has 0 atom stereocenters. The number of pyridine rings is 2. The van der Waals surface area contributed by atoms with E-state index in [9.17, 15) is 4.79 Å². The Labute approximate surface area is 146 Å². The maximum atomic E-state index is 12.2. The van der Waals surface area contributed by atoms with Gasteiger partial charge in [0.1, 0.15) is 0 Å². The molecule has 0 radical (unpaired) electrons. The molecule has 25 heavy (non-hydrogen) atoms. The lowest BCUT2D eigenvalue weighted by Gasteiger charge is -2.08. The van der Waals surface area contributed by atoms with Crippen LogP contribution in [0.2, 0.25) is 0 Å². The van der Waals surface area contributed by atoms with Gasteiger partial charge in [0.2, 0.25) is 5.88 Å². The second kappa shape index (κ2) is 7.40. The molecule has 0 aliphatic heterocycles. The molecule has 1 amide bonds. The predicted octanol–water partition coefficient (Wildman–Crippen LogP) is 4.47. The number of ether oxygens (including phenoxy) is 1. The number of nitrogens with one attached hydrogen (secondary N) is 1. The smallest absolute Gasteiger partial charge is 0.255 e. The molecule has 0 aliphatic carbocycles. The van der Waals surface area contributed by atoms with Crippen molar-refractivity contribution in [3.05, 3.63) is 84.3 Å². The van der Waals surface area contributed by atoms with Crippen LogP contribution in [-0.4, -0.2) is 15.9 Å². The Morgan fingerprint density at radius 3 is 2.56 bits per heavy atom. The lowest BCUT2D eigenvalue weighted by atomic mass is 10.1. The molecule has 5 nitrogen and oxygen atoms in total. The van der Waals surface area contributed by atoms with Gasteiger partial charge in [0.25, 0.3) is 5.91 Å². The van der Waals surface area contributed by atoms with Gasteiger partial charge in [0.05, 0.1) is 17.6 Å². The first-order valence-electron chi connectivity index (χ1n) is 7.75. The number of hydrogen-bond acceptors (Lipinski definition) is 4. The Kier molecular flexibility index (Phi) is 4.85. The molecule has 3 aromatic rings. The Balaban J connectivity index is 1.66. The van der Waals surface area contributed by atoms with Crippen LogP contribution in [0.25, 0.3) is 6.08 Å². The summed E-state index contributed by atoms with van der Waals surface area (Å²) < 4.78 is 5.68. The summed E-state index contributed by atoms with van der Waals surface area (Å²) in [5, 5.41) is 2.80. The van der Waals surface area contributed by atoms with Gasteiger partial charge in [-0.2, -0.15) is 0 Å². The second-order valence-electron chi connectivity index (χ2n) is 5.35. The number of benzene rings is 1. The van der Waals surface area contributed by atoms with Crippen LogP contribution in [0, 0.1) is 6.92 Å². The highest BCUT2D eigenvalue weighted by Crippen LogP contribution is 2.22. The summed E-state index contributed by atoms with van der Waals surface area (Å²) in [7, 11) is 0. The van der Waals surface area contributed by atoms with Crippen LogP contribution >= 0.6 is 0 Å². The molecular weight excluding hydrogens is 314 g/mol. The van der Waals surface area contributed by atoms with Crippen LogP contribution in [0.3, 0.4) is 0 Å². The number of amides is 1. The van der Waals surface area contributed by atoms with E-state index in [1.54, 1.807) is 48.8 Å². The number of anilines is 1. The summed E-state index contributed by atoms with van der Waals surface area (Å²) in [6.07, 6.45) is 4.99. The van der Waals surface area contributed by atoms with Crippen molar-refractivity contribution in [1.82, 2.24) is 9.97 Å². The van der Waals surface area contributed by atoms with Crippen molar-refractivity contribution in [3.63, 3.8) is 0 Å². The average Bonchev–Trinajstić information content (AvgIpc) is 2.65.